The van der Waals surface area contributed by atoms with Crippen molar-refractivity contribution in [2.24, 2.45) is 5.73 Å². The van der Waals surface area contributed by atoms with Gasteiger partial charge in [-0.15, -0.1) is 11.8 Å². The molecule has 26 heavy (non-hydrogen) atoms. The lowest BCUT2D eigenvalue weighted by Crippen LogP contribution is -2.47. The van der Waals surface area contributed by atoms with Gasteiger partial charge in [-0.1, -0.05) is 30.3 Å². The van der Waals surface area contributed by atoms with E-state index in [1.165, 1.54) is 0 Å². The summed E-state index contributed by atoms with van der Waals surface area (Å²) in [6.07, 6.45) is 0.994. The van der Waals surface area contributed by atoms with E-state index in [1.54, 1.807) is 16.7 Å². The quantitative estimate of drug-likeness (QED) is 0.658. The molecule has 3 amide bonds. The third-order valence-electron chi connectivity index (χ3n) is 4.43. The molecule has 0 bridgehead atoms. The Bertz CT molecular complexity index is 741. The van der Waals surface area contributed by atoms with Crippen LogP contribution in [0.4, 0.5) is 0 Å². The van der Waals surface area contributed by atoms with E-state index in [4.69, 9.17) is 10.5 Å². The van der Waals surface area contributed by atoms with Crippen LogP contribution in [0.15, 0.2) is 30.3 Å². The highest BCUT2D eigenvalue weighted by Crippen LogP contribution is 2.54. The highest BCUT2D eigenvalue weighted by molar-refractivity contribution is 8.00. The second-order valence-corrected chi connectivity index (χ2v) is 7.39. The number of fused-ring (bicyclic) bond motifs is 1. The Morgan fingerprint density at radius 3 is 2.73 bits per heavy atom. The summed E-state index contributed by atoms with van der Waals surface area (Å²) in [5, 5.41) is 2.24. The topological polar surface area (TPSA) is 119 Å². The van der Waals surface area contributed by atoms with Crippen LogP contribution < -0.4 is 11.1 Å². The van der Waals surface area contributed by atoms with E-state index in [9.17, 15) is 19.2 Å². The van der Waals surface area contributed by atoms with Crippen LogP contribution in [-0.4, -0.2) is 53.5 Å². The van der Waals surface area contributed by atoms with Crippen LogP contribution in [-0.2, 0) is 28.8 Å². The molecule has 9 heteroatoms. The molecule has 2 aliphatic rings. The first kappa shape index (κ1) is 18.2. The van der Waals surface area contributed by atoms with Crippen LogP contribution in [0.2, 0.25) is 0 Å². The summed E-state index contributed by atoms with van der Waals surface area (Å²) in [6.45, 7) is -0.842. The molecular weight excluding hydrogens is 358 g/mol. The largest absolute Gasteiger partial charge is 0.454 e. The molecule has 2 fully saturated rings. The van der Waals surface area contributed by atoms with Gasteiger partial charge in [-0.25, -0.2) is 4.79 Å². The number of thioether (sulfide) groups is 1. The Labute approximate surface area is 154 Å². The molecule has 8 nitrogen and oxygen atoms in total. The highest BCUT2D eigenvalue weighted by atomic mass is 32.2. The van der Waals surface area contributed by atoms with Gasteiger partial charge in [-0.05, 0) is 12.0 Å². The molecule has 3 rings (SSSR count). The third kappa shape index (κ3) is 3.39. The standard InChI is InChI=1S/C17H19N3O5S/c18-13(21)8-19-14(22)9-25-16(24)12-10-26-17(7-6-15(23)20(12)17)11-4-2-1-3-5-11/h1-5,12H,6-10H2,(H2,18,21)(H,19,22)/t12-,17-/m0/s1. The molecule has 0 spiro atoms. The minimum Gasteiger partial charge on any atom is -0.454 e. The van der Waals surface area contributed by atoms with Gasteiger partial charge in [0, 0.05) is 12.2 Å². The van der Waals surface area contributed by atoms with Gasteiger partial charge >= 0.3 is 5.97 Å². The molecule has 0 radical (unpaired) electrons. The first-order valence-corrected chi connectivity index (χ1v) is 9.16. The van der Waals surface area contributed by atoms with Gasteiger partial charge in [0.2, 0.25) is 11.8 Å². The normalized spacial score (nSPS) is 24.2. The number of hydrogen-bond donors (Lipinski definition) is 2. The Morgan fingerprint density at radius 2 is 2.04 bits per heavy atom. The summed E-state index contributed by atoms with van der Waals surface area (Å²) in [5.74, 6) is -1.63. The third-order valence-corrected chi connectivity index (χ3v) is 6.03. The zero-order chi connectivity index (χ0) is 18.7. The van der Waals surface area contributed by atoms with E-state index >= 15 is 0 Å². The zero-order valence-corrected chi connectivity index (χ0v) is 14.8. The number of carbonyl (C=O) groups is 4. The van der Waals surface area contributed by atoms with Crippen molar-refractivity contribution in [2.45, 2.75) is 23.8 Å². The Morgan fingerprint density at radius 1 is 1.31 bits per heavy atom. The summed E-state index contributed by atoms with van der Waals surface area (Å²) >= 11 is 1.54. The molecule has 2 heterocycles. The maximum absolute atomic E-state index is 12.4. The maximum Gasteiger partial charge on any atom is 0.330 e. The predicted molar refractivity (Wildman–Crippen MR) is 93.6 cm³/mol. The number of carbonyl (C=O) groups excluding carboxylic acids is 4. The SMILES string of the molecule is NC(=O)CNC(=O)COC(=O)[C@@H]1CS[C@]2(c3ccccc3)CCC(=O)N12. The van der Waals surface area contributed by atoms with Crippen LogP contribution in [0.1, 0.15) is 18.4 Å². The predicted octanol–water partition coefficient (Wildman–Crippen LogP) is -0.278. The minimum atomic E-state index is -0.737. The van der Waals surface area contributed by atoms with Crippen LogP contribution in [0, 0.1) is 0 Å². The smallest absolute Gasteiger partial charge is 0.330 e. The van der Waals surface area contributed by atoms with Gasteiger partial charge in [0.05, 0.1) is 6.54 Å². The van der Waals surface area contributed by atoms with Gasteiger partial charge < -0.3 is 20.7 Å². The first-order valence-electron chi connectivity index (χ1n) is 8.17. The highest BCUT2D eigenvalue weighted by Gasteiger charge is 2.57. The lowest BCUT2D eigenvalue weighted by atomic mass is 10.0. The molecule has 2 saturated heterocycles. The molecule has 1 aromatic rings. The number of ether oxygens (including phenoxy) is 1. The summed E-state index contributed by atoms with van der Waals surface area (Å²) in [7, 11) is 0. The molecule has 3 N–H and O–H groups in total. The van der Waals surface area contributed by atoms with Gasteiger partial charge in [0.1, 0.15) is 10.9 Å². The molecule has 2 atom stereocenters. The molecule has 0 aromatic heterocycles. The van der Waals surface area contributed by atoms with Crippen molar-refractivity contribution in [3.8, 4) is 0 Å². The van der Waals surface area contributed by atoms with E-state index in [2.05, 4.69) is 5.32 Å². The lowest BCUT2D eigenvalue weighted by molar-refractivity contribution is -0.156. The number of nitrogens with two attached hydrogens (primary N) is 1. The molecule has 0 saturated carbocycles. The Balaban J connectivity index is 1.68. The van der Waals surface area contributed by atoms with Gasteiger partial charge in [-0.3, -0.25) is 14.4 Å². The van der Waals surface area contributed by atoms with Crippen molar-refractivity contribution in [3.63, 3.8) is 0 Å². The number of nitrogens with one attached hydrogen (secondary N) is 1. The monoisotopic (exact) mass is 377 g/mol. The molecular formula is C17H19N3O5S. The van der Waals surface area contributed by atoms with E-state index in [0.717, 1.165) is 5.56 Å². The lowest BCUT2D eigenvalue weighted by Gasteiger charge is -2.33. The van der Waals surface area contributed by atoms with Gasteiger partial charge in [0.25, 0.3) is 5.91 Å². The van der Waals surface area contributed by atoms with Crippen LogP contribution in [0.3, 0.4) is 0 Å². The number of rotatable bonds is 6. The van der Waals surface area contributed by atoms with Crippen LogP contribution in [0.5, 0.6) is 0 Å². The van der Waals surface area contributed by atoms with Crippen LogP contribution in [0.25, 0.3) is 0 Å². The number of esters is 1. The number of amides is 3. The summed E-state index contributed by atoms with van der Waals surface area (Å²) < 4.78 is 5.05. The number of nitrogens with zero attached hydrogens (tertiary/aromatic N) is 1. The zero-order valence-electron chi connectivity index (χ0n) is 14.0. The second kappa shape index (κ2) is 7.36. The molecule has 138 valence electrons. The second-order valence-electron chi connectivity index (χ2n) is 6.09. The summed E-state index contributed by atoms with van der Waals surface area (Å²) in [4.78, 5) is 48.1. The average Bonchev–Trinajstić information content (AvgIpc) is 3.18. The van der Waals surface area contributed by atoms with E-state index in [1.807, 2.05) is 30.3 Å². The van der Waals surface area contributed by atoms with Crippen molar-refractivity contribution < 1.29 is 23.9 Å². The molecule has 0 aliphatic carbocycles. The molecule has 0 unspecified atom stereocenters. The van der Waals surface area contributed by atoms with Gasteiger partial charge in [-0.2, -0.15) is 0 Å². The summed E-state index contributed by atoms with van der Waals surface area (Å²) in [6, 6.07) is 8.87. The fourth-order valence-corrected chi connectivity index (χ4v) is 4.92. The van der Waals surface area contributed by atoms with Crippen molar-refractivity contribution in [1.82, 2.24) is 10.2 Å². The van der Waals surface area contributed by atoms with Crippen molar-refractivity contribution in [2.75, 3.05) is 18.9 Å². The number of primary amides is 1. The Kier molecular flexibility index (Phi) is 5.17. The van der Waals surface area contributed by atoms with E-state index in [-0.39, 0.29) is 12.5 Å². The minimum absolute atomic E-state index is 0.0982. The Hall–Kier alpha value is -2.55. The molecule has 1 aromatic carbocycles. The molecule has 2 aliphatic heterocycles. The van der Waals surface area contributed by atoms with Crippen molar-refractivity contribution >= 4 is 35.5 Å². The average molecular weight is 377 g/mol. The number of benzene rings is 1. The van der Waals surface area contributed by atoms with Crippen LogP contribution >= 0.6 is 11.8 Å². The van der Waals surface area contributed by atoms with Crippen molar-refractivity contribution in [3.05, 3.63) is 35.9 Å². The van der Waals surface area contributed by atoms with Gasteiger partial charge in [0.15, 0.2) is 6.61 Å². The first-order chi connectivity index (χ1) is 12.4. The summed E-state index contributed by atoms with van der Waals surface area (Å²) in [5.41, 5.74) is 5.91. The fourth-order valence-electron chi connectivity index (χ4n) is 3.29. The van der Waals surface area contributed by atoms with E-state index < -0.39 is 35.3 Å². The fraction of sp³-hybridized carbons (Fsp3) is 0.412. The number of hydrogen-bond acceptors (Lipinski definition) is 6. The van der Waals surface area contributed by atoms with Crippen molar-refractivity contribution in [1.29, 1.82) is 0 Å². The maximum atomic E-state index is 12.4. The van der Waals surface area contributed by atoms with E-state index in [0.29, 0.717) is 18.6 Å².